The van der Waals surface area contributed by atoms with Crippen molar-refractivity contribution in [2.24, 2.45) is 0 Å². The molecule has 2 aromatic carbocycles. The van der Waals surface area contributed by atoms with E-state index in [9.17, 15) is 4.79 Å². The maximum Gasteiger partial charge on any atom is 0.330 e. The Hall–Kier alpha value is -4.06. The fourth-order valence-electron chi connectivity index (χ4n) is 3.15. The van der Waals surface area contributed by atoms with Gasteiger partial charge in [-0.15, -0.1) is 0 Å². The van der Waals surface area contributed by atoms with E-state index in [4.69, 9.17) is 0 Å². The lowest BCUT2D eigenvalue weighted by atomic mass is 10.0. The average molecular weight is 427 g/mol. The first-order valence-electron chi connectivity index (χ1n) is 10.5. The molecule has 4 aromatic rings. The van der Waals surface area contributed by atoms with Gasteiger partial charge in [-0.25, -0.2) is 14.8 Å². The Morgan fingerprint density at radius 3 is 2.47 bits per heavy atom. The van der Waals surface area contributed by atoms with Crippen molar-refractivity contribution in [1.29, 1.82) is 0 Å². The molecule has 1 N–H and O–H groups in total. The zero-order chi connectivity index (χ0) is 22.8. The van der Waals surface area contributed by atoms with Gasteiger partial charge in [-0.3, -0.25) is 4.98 Å². The molecule has 6 heteroatoms. The van der Waals surface area contributed by atoms with E-state index in [-0.39, 0.29) is 0 Å². The fourth-order valence-corrected chi connectivity index (χ4v) is 3.15. The highest BCUT2D eigenvalue weighted by Crippen LogP contribution is 2.32. The number of carbonyl (C=O) groups is 1. The molecular weight excluding hydrogens is 400 g/mol. The molecule has 2 aromatic heterocycles. The van der Waals surface area contributed by atoms with Gasteiger partial charge in [-0.1, -0.05) is 62.4 Å². The Kier molecular flexibility index (Phi) is 8.03. The highest BCUT2D eigenvalue weighted by Gasteiger charge is 2.13. The number of nitrogens with one attached hydrogen (secondary N) is 1. The number of hydrogen-bond donors (Lipinski definition) is 1. The summed E-state index contributed by atoms with van der Waals surface area (Å²) in [6.07, 6.45) is 4.62. The third kappa shape index (κ3) is 5.55. The summed E-state index contributed by atoms with van der Waals surface area (Å²) < 4.78 is 4.67. The SMILES string of the molecule is CC.COC(=O)/C=C/c1nc(NCc2ccccn2)c2c(-c3ccccc3)cccc2n1. The summed E-state index contributed by atoms with van der Waals surface area (Å²) in [6, 6.07) is 21.8. The molecule has 4 rings (SSSR count). The molecule has 0 saturated heterocycles. The van der Waals surface area contributed by atoms with Crippen LogP contribution in [0, 0.1) is 0 Å². The molecule has 0 fully saturated rings. The van der Waals surface area contributed by atoms with Gasteiger partial charge < -0.3 is 10.1 Å². The zero-order valence-corrected chi connectivity index (χ0v) is 18.4. The Labute approximate surface area is 188 Å². The predicted octanol–water partition coefficient (Wildman–Crippen LogP) is 5.52. The predicted molar refractivity (Wildman–Crippen MR) is 129 cm³/mol. The van der Waals surface area contributed by atoms with E-state index in [1.165, 1.54) is 13.2 Å². The molecule has 0 atom stereocenters. The maximum atomic E-state index is 11.5. The highest BCUT2D eigenvalue weighted by molar-refractivity contribution is 6.02. The lowest BCUT2D eigenvalue weighted by Gasteiger charge is -2.13. The molecule has 0 unspecified atom stereocenters. The van der Waals surface area contributed by atoms with Crippen LogP contribution in [0.4, 0.5) is 5.82 Å². The van der Waals surface area contributed by atoms with E-state index in [0.717, 1.165) is 27.7 Å². The van der Waals surface area contributed by atoms with Crippen LogP contribution < -0.4 is 5.32 Å². The Bertz CT molecular complexity index is 1190. The maximum absolute atomic E-state index is 11.5. The second-order valence-corrected chi connectivity index (χ2v) is 6.53. The summed E-state index contributed by atoms with van der Waals surface area (Å²) in [7, 11) is 1.33. The molecule has 0 aliphatic rings. The molecule has 0 spiro atoms. The molecule has 2 heterocycles. The molecule has 162 valence electrons. The summed E-state index contributed by atoms with van der Waals surface area (Å²) >= 11 is 0. The van der Waals surface area contributed by atoms with E-state index in [1.807, 2.05) is 62.4 Å². The van der Waals surface area contributed by atoms with Crippen LogP contribution in [0.25, 0.3) is 28.1 Å². The first kappa shape index (κ1) is 22.6. The number of fused-ring (bicyclic) bond motifs is 1. The van der Waals surface area contributed by atoms with E-state index < -0.39 is 5.97 Å². The van der Waals surface area contributed by atoms with Gasteiger partial charge in [0.05, 0.1) is 30.3 Å². The minimum atomic E-state index is -0.459. The standard InChI is InChI=1S/C24H20N4O2.C2H6/c1-30-22(29)14-13-21-27-20-12-7-11-19(17-8-3-2-4-9-17)23(20)24(28-21)26-16-18-10-5-6-15-25-18;1-2/h2-15H,16H2,1H3,(H,26,27,28);1-2H3/b14-13+;. The molecule has 0 radical (unpaired) electrons. The van der Waals surface area contributed by atoms with Crippen molar-refractivity contribution in [2.45, 2.75) is 20.4 Å². The van der Waals surface area contributed by atoms with E-state index >= 15 is 0 Å². The number of rotatable bonds is 6. The molecule has 0 amide bonds. The Morgan fingerprint density at radius 2 is 1.75 bits per heavy atom. The van der Waals surface area contributed by atoms with Crippen molar-refractivity contribution >= 4 is 28.8 Å². The fraction of sp³-hybridized carbons (Fsp3) is 0.154. The third-order valence-corrected chi connectivity index (χ3v) is 4.56. The van der Waals surface area contributed by atoms with Crippen LogP contribution in [0.2, 0.25) is 0 Å². The zero-order valence-electron chi connectivity index (χ0n) is 18.4. The summed E-state index contributed by atoms with van der Waals surface area (Å²) in [5, 5.41) is 4.30. The van der Waals surface area contributed by atoms with Crippen molar-refractivity contribution in [1.82, 2.24) is 15.0 Å². The normalized spacial score (nSPS) is 10.5. The summed E-state index contributed by atoms with van der Waals surface area (Å²) in [4.78, 5) is 25.1. The topological polar surface area (TPSA) is 77.0 Å². The van der Waals surface area contributed by atoms with Gasteiger partial charge in [0, 0.05) is 12.3 Å². The number of carbonyl (C=O) groups excluding carboxylic acids is 1. The minimum Gasteiger partial charge on any atom is -0.466 e. The number of pyridine rings is 1. The van der Waals surface area contributed by atoms with Gasteiger partial charge in [0.2, 0.25) is 0 Å². The highest BCUT2D eigenvalue weighted by atomic mass is 16.5. The largest absolute Gasteiger partial charge is 0.466 e. The lowest BCUT2D eigenvalue weighted by molar-refractivity contribution is -0.134. The van der Waals surface area contributed by atoms with Crippen LogP contribution >= 0.6 is 0 Å². The molecule has 0 bridgehead atoms. The quantitative estimate of drug-likeness (QED) is 0.323. The molecule has 0 saturated carbocycles. The van der Waals surface area contributed by atoms with Crippen LogP contribution in [0.1, 0.15) is 25.4 Å². The number of benzene rings is 2. The number of ether oxygens (including phenoxy) is 1. The van der Waals surface area contributed by atoms with Crippen LogP contribution in [0.5, 0.6) is 0 Å². The van der Waals surface area contributed by atoms with Crippen molar-refractivity contribution < 1.29 is 9.53 Å². The third-order valence-electron chi connectivity index (χ3n) is 4.56. The van der Waals surface area contributed by atoms with Crippen molar-refractivity contribution in [3.05, 3.63) is 90.5 Å². The number of anilines is 1. The molecule has 0 aliphatic heterocycles. The van der Waals surface area contributed by atoms with Gasteiger partial charge in [0.1, 0.15) is 5.82 Å². The van der Waals surface area contributed by atoms with Crippen LogP contribution in [-0.2, 0) is 16.1 Å². The van der Waals surface area contributed by atoms with Gasteiger partial charge in [0.15, 0.2) is 5.82 Å². The summed E-state index contributed by atoms with van der Waals surface area (Å²) in [5.41, 5.74) is 3.78. The van der Waals surface area contributed by atoms with E-state index in [0.29, 0.717) is 18.2 Å². The molecular formula is C26H26N4O2. The van der Waals surface area contributed by atoms with Gasteiger partial charge in [-0.05, 0) is 35.4 Å². The molecule has 32 heavy (non-hydrogen) atoms. The van der Waals surface area contributed by atoms with Crippen molar-refractivity contribution in [2.75, 3.05) is 12.4 Å². The summed E-state index contributed by atoms with van der Waals surface area (Å²) in [5.74, 6) is 0.635. The first-order chi connectivity index (χ1) is 15.7. The lowest BCUT2D eigenvalue weighted by Crippen LogP contribution is -2.06. The van der Waals surface area contributed by atoms with Gasteiger partial charge in [-0.2, -0.15) is 0 Å². The number of esters is 1. The number of aromatic nitrogens is 3. The van der Waals surface area contributed by atoms with Crippen molar-refractivity contribution in [3.63, 3.8) is 0 Å². The number of nitrogens with zero attached hydrogens (tertiary/aromatic N) is 3. The second kappa shape index (κ2) is 11.4. The van der Waals surface area contributed by atoms with Crippen LogP contribution in [0.3, 0.4) is 0 Å². The van der Waals surface area contributed by atoms with Gasteiger partial charge in [0.25, 0.3) is 0 Å². The molecule has 6 nitrogen and oxygen atoms in total. The first-order valence-corrected chi connectivity index (χ1v) is 10.5. The van der Waals surface area contributed by atoms with Crippen molar-refractivity contribution in [3.8, 4) is 11.1 Å². The molecule has 0 aliphatic carbocycles. The average Bonchev–Trinajstić information content (AvgIpc) is 2.87. The van der Waals surface area contributed by atoms with Gasteiger partial charge >= 0.3 is 5.97 Å². The Morgan fingerprint density at radius 1 is 0.969 bits per heavy atom. The Balaban J connectivity index is 0.00000141. The number of hydrogen-bond acceptors (Lipinski definition) is 6. The van der Waals surface area contributed by atoms with E-state index in [1.54, 1.807) is 12.3 Å². The summed E-state index contributed by atoms with van der Waals surface area (Å²) in [6.45, 7) is 4.51. The monoisotopic (exact) mass is 426 g/mol. The minimum absolute atomic E-state index is 0.418. The number of methoxy groups -OCH3 is 1. The smallest absolute Gasteiger partial charge is 0.330 e. The van der Waals surface area contributed by atoms with E-state index in [2.05, 4.69) is 43.2 Å². The second-order valence-electron chi connectivity index (χ2n) is 6.53. The van der Waals surface area contributed by atoms with Crippen LogP contribution in [0.15, 0.2) is 79.0 Å². The van der Waals surface area contributed by atoms with Crippen LogP contribution in [-0.4, -0.2) is 28.0 Å².